The Morgan fingerprint density at radius 2 is 1.43 bits per heavy atom. The molecular formula is C11H6Br3Cl2NO4. The van der Waals surface area contributed by atoms with Crippen molar-refractivity contribution < 1.29 is 19.1 Å². The first kappa shape index (κ1) is 19.1. The van der Waals surface area contributed by atoms with Crippen LogP contribution in [0, 0.1) is 0 Å². The first-order valence-electron chi connectivity index (χ1n) is 5.11. The second-order valence-electron chi connectivity index (χ2n) is 3.60. The lowest BCUT2D eigenvalue weighted by atomic mass is 10.1. The fourth-order valence-electron chi connectivity index (χ4n) is 1.43. The molecule has 1 amide bonds. The molecule has 5 nitrogen and oxygen atoms in total. The van der Waals surface area contributed by atoms with Crippen LogP contribution >= 0.6 is 71.0 Å². The summed E-state index contributed by atoms with van der Waals surface area (Å²) in [7, 11) is 1.35. The van der Waals surface area contributed by atoms with Crippen molar-refractivity contribution in [2.24, 2.45) is 0 Å². The van der Waals surface area contributed by atoms with Gasteiger partial charge in [0.25, 0.3) is 10.5 Å². The zero-order valence-electron chi connectivity index (χ0n) is 10.2. The second-order valence-corrected chi connectivity index (χ2v) is 6.66. The normalized spacial score (nSPS) is 10.4. The topological polar surface area (TPSA) is 72.5 Å². The van der Waals surface area contributed by atoms with Crippen LogP contribution in [0.5, 0.6) is 0 Å². The van der Waals surface area contributed by atoms with Gasteiger partial charge in [-0.1, -0.05) is 0 Å². The third kappa shape index (κ3) is 4.27. The van der Waals surface area contributed by atoms with Crippen LogP contribution in [0.15, 0.2) is 13.4 Å². The zero-order valence-corrected chi connectivity index (χ0v) is 16.5. The number of hydrogen-bond acceptors (Lipinski definition) is 4. The van der Waals surface area contributed by atoms with Gasteiger partial charge in [0, 0.05) is 11.6 Å². The number of carbonyl (C=O) groups is 3. The Morgan fingerprint density at radius 3 is 1.76 bits per heavy atom. The molecule has 0 fully saturated rings. The maximum Gasteiger partial charge on any atom is 0.254 e. The van der Waals surface area contributed by atoms with Crippen LogP contribution < -0.4 is 5.32 Å². The van der Waals surface area contributed by atoms with Crippen molar-refractivity contribution in [3.05, 3.63) is 24.5 Å². The van der Waals surface area contributed by atoms with E-state index in [-0.39, 0.29) is 36.8 Å². The molecule has 0 bridgehead atoms. The van der Waals surface area contributed by atoms with Gasteiger partial charge in [-0.2, -0.15) is 0 Å². The highest BCUT2D eigenvalue weighted by molar-refractivity contribution is 9.11. The monoisotopic (exact) mass is 523 g/mol. The number of hydrogen-bond donors (Lipinski definition) is 1. The van der Waals surface area contributed by atoms with Crippen LogP contribution in [0.1, 0.15) is 20.7 Å². The van der Waals surface area contributed by atoms with Gasteiger partial charge in [-0.15, -0.1) is 0 Å². The molecule has 0 unspecified atom stereocenters. The minimum absolute atomic E-state index is 0.0309. The average Bonchev–Trinajstić information content (AvgIpc) is 2.33. The van der Waals surface area contributed by atoms with Crippen molar-refractivity contribution in [2.75, 3.05) is 19.0 Å². The van der Waals surface area contributed by atoms with E-state index < -0.39 is 16.4 Å². The van der Waals surface area contributed by atoms with E-state index in [1.807, 2.05) is 0 Å². The molecule has 0 radical (unpaired) electrons. The molecule has 10 heteroatoms. The lowest BCUT2D eigenvalue weighted by Gasteiger charge is -2.16. The Kier molecular flexibility index (Phi) is 7.29. The van der Waals surface area contributed by atoms with Gasteiger partial charge in [0.2, 0.25) is 5.91 Å². The Labute approximate surface area is 155 Å². The standard InChI is InChI=1S/C11H6Br3Cl2NO4/c1-21-2-3(18)17-9-7(13)4(10(15)19)6(12)5(8(9)14)11(16)20/h2H2,1H3,(H,17,18). The molecule has 0 aliphatic heterocycles. The third-order valence-electron chi connectivity index (χ3n) is 2.25. The maximum absolute atomic E-state index is 11.6. The van der Waals surface area contributed by atoms with E-state index in [9.17, 15) is 14.4 Å². The molecule has 21 heavy (non-hydrogen) atoms. The molecule has 1 aromatic carbocycles. The molecule has 1 aromatic rings. The number of halogens is 5. The zero-order chi connectivity index (χ0) is 16.3. The van der Waals surface area contributed by atoms with Crippen molar-refractivity contribution in [2.45, 2.75) is 0 Å². The van der Waals surface area contributed by atoms with Gasteiger partial charge >= 0.3 is 0 Å². The van der Waals surface area contributed by atoms with Gasteiger partial charge in [0.1, 0.15) is 6.61 Å². The fourth-order valence-corrected chi connectivity index (χ4v) is 5.17. The van der Waals surface area contributed by atoms with Gasteiger partial charge in [0.15, 0.2) is 0 Å². The van der Waals surface area contributed by atoms with Gasteiger partial charge < -0.3 is 10.1 Å². The van der Waals surface area contributed by atoms with E-state index in [0.717, 1.165) is 0 Å². The molecular weight excluding hydrogens is 521 g/mol. The number of rotatable bonds is 5. The van der Waals surface area contributed by atoms with E-state index >= 15 is 0 Å². The number of carbonyl (C=O) groups excluding carboxylic acids is 3. The number of nitrogens with one attached hydrogen (secondary N) is 1. The fraction of sp³-hybridized carbons (Fsp3) is 0.182. The van der Waals surface area contributed by atoms with Gasteiger partial charge in [0.05, 0.1) is 25.8 Å². The van der Waals surface area contributed by atoms with Crippen LogP contribution in [0.3, 0.4) is 0 Å². The minimum Gasteiger partial charge on any atom is -0.375 e. The van der Waals surface area contributed by atoms with Crippen molar-refractivity contribution in [1.29, 1.82) is 0 Å². The van der Waals surface area contributed by atoms with E-state index in [0.29, 0.717) is 0 Å². The molecule has 0 saturated heterocycles. The largest absolute Gasteiger partial charge is 0.375 e. The number of anilines is 1. The van der Waals surface area contributed by atoms with Crippen molar-refractivity contribution in [3.8, 4) is 0 Å². The number of benzene rings is 1. The number of ether oxygens (including phenoxy) is 1. The molecule has 1 N–H and O–H groups in total. The Balaban J connectivity index is 3.60. The minimum atomic E-state index is -0.831. The summed E-state index contributed by atoms with van der Waals surface area (Å²) in [6.45, 7) is -0.205. The smallest absolute Gasteiger partial charge is 0.254 e. The van der Waals surface area contributed by atoms with Crippen LogP contribution in [-0.2, 0) is 9.53 Å². The van der Waals surface area contributed by atoms with Crippen molar-refractivity contribution in [3.63, 3.8) is 0 Å². The highest BCUT2D eigenvalue weighted by atomic mass is 79.9. The summed E-state index contributed by atoms with van der Waals surface area (Å²) in [6.07, 6.45) is 0. The maximum atomic E-state index is 11.6. The molecule has 0 aliphatic rings. The Bertz CT molecular complexity index is 595. The predicted molar refractivity (Wildman–Crippen MR) is 90.4 cm³/mol. The van der Waals surface area contributed by atoms with E-state index in [1.54, 1.807) is 0 Å². The quantitative estimate of drug-likeness (QED) is 0.580. The Hall–Kier alpha value is 0.01000. The summed E-state index contributed by atoms with van der Waals surface area (Å²) in [4.78, 5) is 34.7. The first-order valence-corrected chi connectivity index (χ1v) is 8.24. The van der Waals surface area contributed by atoms with Gasteiger partial charge in [-0.25, -0.2) is 0 Å². The molecule has 0 aromatic heterocycles. The van der Waals surface area contributed by atoms with Crippen molar-refractivity contribution in [1.82, 2.24) is 0 Å². The Morgan fingerprint density at radius 1 is 1.00 bits per heavy atom. The first-order chi connectivity index (χ1) is 9.72. The van der Waals surface area contributed by atoms with E-state index in [4.69, 9.17) is 27.9 Å². The summed E-state index contributed by atoms with van der Waals surface area (Å²) >= 11 is 20.5. The molecule has 0 saturated carbocycles. The van der Waals surface area contributed by atoms with E-state index in [2.05, 4.69) is 53.1 Å². The molecule has 0 atom stereocenters. The average molecular weight is 527 g/mol. The molecule has 0 heterocycles. The molecule has 0 aliphatic carbocycles. The predicted octanol–water partition coefficient (Wildman–Crippen LogP) is 4.32. The molecule has 114 valence electrons. The van der Waals surface area contributed by atoms with E-state index in [1.165, 1.54) is 7.11 Å². The molecule has 0 spiro atoms. The molecule has 1 rings (SSSR count). The van der Waals surface area contributed by atoms with Crippen LogP contribution in [0.25, 0.3) is 0 Å². The number of amides is 1. The van der Waals surface area contributed by atoms with Gasteiger partial charge in [-0.05, 0) is 71.0 Å². The number of methoxy groups -OCH3 is 1. The summed E-state index contributed by atoms with van der Waals surface area (Å²) in [6, 6.07) is 0. The summed E-state index contributed by atoms with van der Waals surface area (Å²) in [5, 5.41) is 0.835. The highest BCUT2D eigenvalue weighted by Gasteiger charge is 2.27. The van der Waals surface area contributed by atoms with Gasteiger partial charge in [-0.3, -0.25) is 14.4 Å². The van der Waals surface area contributed by atoms with Crippen LogP contribution in [0.4, 0.5) is 5.69 Å². The lowest BCUT2D eigenvalue weighted by Crippen LogP contribution is -2.19. The third-order valence-corrected chi connectivity index (χ3v) is 5.01. The SMILES string of the molecule is COCC(=O)Nc1c(Br)c(C(=O)Cl)c(Br)c(C(=O)Cl)c1Br. The summed E-state index contributed by atoms with van der Waals surface area (Å²) in [5.74, 6) is -0.484. The summed E-state index contributed by atoms with van der Waals surface area (Å²) in [5.41, 5.74) is 0.0846. The highest BCUT2D eigenvalue weighted by Crippen LogP contribution is 2.43. The summed E-state index contributed by atoms with van der Waals surface area (Å²) < 4.78 is 5.22. The second kappa shape index (κ2) is 8.03. The van der Waals surface area contributed by atoms with Crippen LogP contribution in [-0.4, -0.2) is 30.1 Å². The lowest BCUT2D eigenvalue weighted by molar-refractivity contribution is -0.119. The van der Waals surface area contributed by atoms with Crippen LogP contribution in [0.2, 0.25) is 0 Å². The van der Waals surface area contributed by atoms with Crippen molar-refractivity contribution >= 4 is 93.1 Å².